The maximum Gasteiger partial charge on any atom is 0.260 e. The molecule has 0 atom stereocenters. The van der Waals surface area contributed by atoms with Gasteiger partial charge in [0.15, 0.2) is 5.82 Å². The highest BCUT2D eigenvalue weighted by Gasteiger charge is 2.20. The molecule has 2 aromatic heterocycles. The Balaban J connectivity index is 0.000000185. The zero-order valence-electron chi connectivity index (χ0n) is 17.0. The number of anilines is 2. The first-order chi connectivity index (χ1) is 14.9. The fourth-order valence-corrected chi connectivity index (χ4v) is 3.92. The number of nitrogen functional groups attached to an aromatic ring is 1. The lowest BCUT2D eigenvalue weighted by atomic mass is 10.1. The zero-order valence-corrected chi connectivity index (χ0v) is 18.5. The van der Waals surface area contributed by atoms with Crippen LogP contribution in [0.3, 0.4) is 0 Å². The van der Waals surface area contributed by atoms with Crippen molar-refractivity contribution in [2.75, 3.05) is 23.3 Å². The summed E-state index contributed by atoms with van der Waals surface area (Å²) in [6.45, 7) is 3.30. The fourth-order valence-electron chi connectivity index (χ4n) is 3.37. The van der Waals surface area contributed by atoms with E-state index < -0.39 is 5.91 Å². The van der Waals surface area contributed by atoms with E-state index in [0.717, 1.165) is 17.5 Å². The van der Waals surface area contributed by atoms with Crippen molar-refractivity contribution in [3.05, 3.63) is 57.0 Å². The molecular weight excluding hydrogens is 438 g/mol. The molecule has 0 radical (unpaired) electrons. The number of hydrogen-bond acceptors (Lipinski definition) is 7. The van der Waals surface area contributed by atoms with E-state index >= 15 is 0 Å². The summed E-state index contributed by atoms with van der Waals surface area (Å²) in [6.07, 6.45) is 4.41. The monoisotopic (exact) mass is 461 g/mol. The van der Waals surface area contributed by atoms with Gasteiger partial charge in [-0.2, -0.15) is 0 Å². The fraction of sp³-hybridized carbons (Fsp3) is 0.250. The van der Waals surface area contributed by atoms with E-state index in [9.17, 15) is 9.59 Å². The lowest BCUT2D eigenvalue weighted by Gasteiger charge is -2.13. The van der Waals surface area contributed by atoms with Crippen LogP contribution >= 0.6 is 23.5 Å². The predicted molar refractivity (Wildman–Crippen MR) is 128 cm³/mol. The number of halogens is 1. The summed E-state index contributed by atoms with van der Waals surface area (Å²) >= 11 is 7.36. The van der Waals surface area contributed by atoms with Crippen LogP contribution in [0.15, 0.2) is 35.1 Å². The molecule has 0 saturated carbocycles. The van der Waals surface area contributed by atoms with Crippen molar-refractivity contribution in [3.63, 3.8) is 0 Å². The summed E-state index contributed by atoms with van der Waals surface area (Å²) in [6, 6.07) is 7.57. The van der Waals surface area contributed by atoms with Crippen LogP contribution in [-0.4, -0.2) is 32.6 Å². The van der Waals surface area contributed by atoms with Crippen molar-refractivity contribution in [2.24, 2.45) is 10.9 Å². The maximum atomic E-state index is 12.5. The number of carbonyl (C=O) groups is 1. The van der Waals surface area contributed by atoms with Crippen LogP contribution in [-0.2, 0) is 13.0 Å². The Kier molecular flexibility index (Phi) is 7.26. The highest BCUT2D eigenvalue weighted by atomic mass is 35.5. The van der Waals surface area contributed by atoms with Crippen molar-refractivity contribution in [2.45, 2.75) is 19.9 Å². The lowest BCUT2D eigenvalue weighted by molar-refractivity contribution is 0.100. The summed E-state index contributed by atoms with van der Waals surface area (Å²) in [4.78, 5) is 23.4. The molecule has 1 aliphatic rings. The molecule has 7 N–H and O–H groups in total. The standard InChI is InChI=1S/C13H15ClN2OS.C7H9N5O/c1-2-10-8-9-4-3-5-11(14)12(9)13(17)16(10)6-7-18-15;8-5-4(6(9)13)7-10-2-1-3-12(7)11-5/h3-5,8H,2,6-7,15H2,1H3;1,3,10H,2H2,(H2,8,11)(H2,9,13). The van der Waals surface area contributed by atoms with E-state index in [2.05, 4.69) is 10.4 Å². The number of aromatic nitrogens is 3. The number of aryl methyl sites for hydroxylation is 1. The molecule has 9 nitrogen and oxygen atoms in total. The van der Waals surface area contributed by atoms with Gasteiger partial charge in [0.25, 0.3) is 11.5 Å². The normalized spacial score (nSPS) is 12.1. The summed E-state index contributed by atoms with van der Waals surface area (Å²) in [7, 11) is 0. The third-order valence-electron chi connectivity index (χ3n) is 4.79. The first-order valence-electron chi connectivity index (χ1n) is 9.59. The second kappa shape index (κ2) is 9.90. The van der Waals surface area contributed by atoms with Gasteiger partial charge in [-0.05, 0) is 30.0 Å². The number of hydrogen-bond donors (Lipinski definition) is 4. The molecule has 0 spiro atoms. The molecule has 4 rings (SSSR count). The van der Waals surface area contributed by atoms with Crippen LogP contribution in [0.4, 0.5) is 11.6 Å². The topological polar surface area (TPSA) is 147 Å². The predicted octanol–water partition coefficient (Wildman–Crippen LogP) is 2.28. The molecule has 11 heteroatoms. The molecule has 164 valence electrons. The number of nitrogens with one attached hydrogen (secondary N) is 1. The zero-order chi connectivity index (χ0) is 22.5. The van der Waals surface area contributed by atoms with Gasteiger partial charge in [-0.1, -0.05) is 42.6 Å². The molecule has 3 heterocycles. The van der Waals surface area contributed by atoms with Crippen LogP contribution in [0, 0.1) is 0 Å². The molecule has 0 saturated heterocycles. The number of rotatable bonds is 5. The Labute approximate surface area is 188 Å². The Morgan fingerprint density at radius 1 is 1.39 bits per heavy atom. The number of amides is 1. The van der Waals surface area contributed by atoms with E-state index in [1.165, 1.54) is 16.6 Å². The number of fused-ring (bicyclic) bond motifs is 2. The van der Waals surface area contributed by atoms with Gasteiger partial charge in [0.05, 0.1) is 10.4 Å². The van der Waals surface area contributed by atoms with Crippen molar-refractivity contribution >= 4 is 58.1 Å². The Morgan fingerprint density at radius 3 is 2.84 bits per heavy atom. The van der Waals surface area contributed by atoms with Gasteiger partial charge >= 0.3 is 0 Å². The Hall–Kier alpha value is -2.95. The van der Waals surface area contributed by atoms with Gasteiger partial charge in [-0.25, -0.2) is 4.68 Å². The number of nitrogens with two attached hydrogens (primary N) is 3. The van der Waals surface area contributed by atoms with Crippen LogP contribution in [0.5, 0.6) is 0 Å². The highest BCUT2D eigenvalue weighted by Crippen LogP contribution is 2.23. The minimum Gasteiger partial charge on any atom is -0.381 e. The third kappa shape index (κ3) is 4.71. The summed E-state index contributed by atoms with van der Waals surface area (Å²) in [5.41, 5.74) is 11.9. The molecule has 0 unspecified atom stereocenters. The number of pyridine rings is 1. The van der Waals surface area contributed by atoms with Gasteiger partial charge in [-0.3, -0.25) is 14.7 Å². The van der Waals surface area contributed by atoms with Gasteiger partial charge < -0.3 is 21.4 Å². The maximum absolute atomic E-state index is 12.5. The SMILES string of the molecule is CCc1cc2cccc(Cl)c2c(=O)n1CCSN.NC(=O)c1c(N)nn2c1NCC=C2. The Bertz CT molecular complexity index is 1200. The van der Waals surface area contributed by atoms with Gasteiger partial charge in [0.1, 0.15) is 11.4 Å². The van der Waals surface area contributed by atoms with Gasteiger partial charge in [-0.15, -0.1) is 5.10 Å². The molecule has 31 heavy (non-hydrogen) atoms. The van der Waals surface area contributed by atoms with Crippen molar-refractivity contribution < 1.29 is 4.79 Å². The van der Waals surface area contributed by atoms with Crippen molar-refractivity contribution in [1.29, 1.82) is 0 Å². The molecule has 0 bridgehead atoms. The first kappa shape index (κ1) is 22.7. The second-order valence-electron chi connectivity index (χ2n) is 6.70. The molecule has 3 aromatic rings. The van der Waals surface area contributed by atoms with E-state index in [0.29, 0.717) is 35.1 Å². The van der Waals surface area contributed by atoms with E-state index in [1.807, 2.05) is 31.2 Å². The van der Waals surface area contributed by atoms with E-state index in [1.54, 1.807) is 16.8 Å². The number of primary amides is 1. The number of nitrogens with zero attached hydrogens (tertiary/aromatic N) is 3. The number of benzene rings is 1. The second-order valence-corrected chi connectivity index (χ2v) is 7.85. The molecule has 0 fully saturated rings. The van der Waals surface area contributed by atoms with E-state index in [4.69, 9.17) is 28.2 Å². The minimum absolute atomic E-state index is 0.0241. The highest BCUT2D eigenvalue weighted by molar-refractivity contribution is 7.97. The van der Waals surface area contributed by atoms with Gasteiger partial charge in [0.2, 0.25) is 0 Å². The Morgan fingerprint density at radius 2 is 2.16 bits per heavy atom. The average molecular weight is 462 g/mol. The van der Waals surface area contributed by atoms with E-state index in [-0.39, 0.29) is 16.9 Å². The third-order valence-corrected chi connectivity index (χ3v) is 5.52. The molecule has 1 aromatic carbocycles. The molecule has 1 aliphatic heterocycles. The summed E-state index contributed by atoms with van der Waals surface area (Å²) in [5, 5.41) is 14.3. The quantitative estimate of drug-likeness (QED) is 0.426. The van der Waals surface area contributed by atoms with Crippen molar-refractivity contribution in [1.82, 2.24) is 14.3 Å². The minimum atomic E-state index is -0.568. The summed E-state index contributed by atoms with van der Waals surface area (Å²) in [5.74, 6) is 0.860. The molecule has 0 aliphatic carbocycles. The molecule has 1 amide bonds. The van der Waals surface area contributed by atoms with Crippen LogP contribution in [0.2, 0.25) is 5.02 Å². The van der Waals surface area contributed by atoms with Crippen molar-refractivity contribution in [3.8, 4) is 0 Å². The smallest absolute Gasteiger partial charge is 0.260 e. The number of carbonyl (C=O) groups excluding carboxylic acids is 1. The van der Waals surface area contributed by atoms with Gasteiger partial charge in [0, 0.05) is 30.7 Å². The van der Waals surface area contributed by atoms with Crippen LogP contribution in [0.1, 0.15) is 23.0 Å². The van der Waals surface area contributed by atoms with Crippen LogP contribution < -0.4 is 27.5 Å². The largest absolute Gasteiger partial charge is 0.381 e. The average Bonchev–Trinajstić information content (AvgIpc) is 3.09. The van der Waals surface area contributed by atoms with Crippen LogP contribution in [0.25, 0.3) is 17.0 Å². The first-order valence-corrected chi connectivity index (χ1v) is 11.0. The lowest BCUT2D eigenvalue weighted by Crippen LogP contribution is -2.25. The summed E-state index contributed by atoms with van der Waals surface area (Å²) < 4.78 is 3.27. The molecular formula is C20H24ClN7O2S.